The van der Waals surface area contributed by atoms with E-state index in [9.17, 15) is 4.79 Å². The van der Waals surface area contributed by atoms with Crippen molar-refractivity contribution >= 4 is 11.8 Å². The van der Waals surface area contributed by atoms with Gasteiger partial charge < -0.3 is 24.6 Å². The highest BCUT2D eigenvalue weighted by Crippen LogP contribution is 2.36. The van der Waals surface area contributed by atoms with Crippen LogP contribution in [-0.4, -0.2) is 79.5 Å². The second-order valence-corrected chi connectivity index (χ2v) is 6.81. The van der Waals surface area contributed by atoms with Crippen LogP contribution < -0.4 is 10.2 Å². The van der Waals surface area contributed by atoms with Gasteiger partial charge in [-0.3, -0.25) is 0 Å². The number of ether oxygens (including phenoxy) is 2. The van der Waals surface area contributed by atoms with E-state index in [1.807, 2.05) is 4.90 Å². The highest BCUT2D eigenvalue weighted by molar-refractivity contribution is 5.74. The van der Waals surface area contributed by atoms with Gasteiger partial charge in [0.2, 0.25) is 0 Å². The van der Waals surface area contributed by atoms with E-state index in [0.717, 1.165) is 50.7 Å². The maximum Gasteiger partial charge on any atom is 0.317 e. The highest BCUT2D eigenvalue weighted by atomic mass is 16.5. The van der Waals surface area contributed by atoms with Gasteiger partial charge in [0.15, 0.2) is 0 Å². The van der Waals surface area contributed by atoms with Crippen LogP contribution in [0.15, 0.2) is 12.4 Å². The molecule has 0 atom stereocenters. The predicted octanol–water partition coefficient (Wildman–Crippen LogP) is 0.601. The number of anilines is 1. The monoisotopic (exact) mass is 347 g/mol. The second-order valence-electron chi connectivity index (χ2n) is 6.81. The van der Waals surface area contributed by atoms with Crippen molar-refractivity contribution in [3.05, 3.63) is 18.1 Å². The summed E-state index contributed by atoms with van der Waals surface area (Å²) in [6.07, 6.45) is 3.53. The molecule has 2 aliphatic heterocycles. The van der Waals surface area contributed by atoms with Crippen molar-refractivity contribution in [1.29, 1.82) is 0 Å². The van der Waals surface area contributed by atoms with Crippen LogP contribution in [0.25, 0.3) is 0 Å². The minimum Gasteiger partial charge on any atom is -0.378 e. The molecule has 8 nitrogen and oxygen atoms in total. The maximum absolute atomic E-state index is 12.2. The fraction of sp³-hybridized carbons (Fsp3) is 0.706. The fourth-order valence-corrected chi connectivity index (χ4v) is 3.56. The second kappa shape index (κ2) is 7.53. The van der Waals surface area contributed by atoms with E-state index in [4.69, 9.17) is 9.47 Å². The molecule has 0 bridgehead atoms. The Balaban J connectivity index is 1.29. The Morgan fingerprint density at radius 3 is 2.44 bits per heavy atom. The molecule has 25 heavy (non-hydrogen) atoms. The number of carbonyl (C=O) groups is 1. The first-order valence-corrected chi connectivity index (χ1v) is 9.07. The molecule has 2 saturated heterocycles. The van der Waals surface area contributed by atoms with Gasteiger partial charge in [0.05, 0.1) is 26.4 Å². The van der Waals surface area contributed by atoms with Crippen LogP contribution in [0.2, 0.25) is 0 Å². The van der Waals surface area contributed by atoms with Crippen LogP contribution in [-0.2, 0) is 9.47 Å². The topological polar surface area (TPSA) is 79.8 Å². The predicted molar refractivity (Wildman–Crippen MR) is 91.8 cm³/mol. The van der Waals surface area contributed by atoms with Crippen LogP contribution in [0.1, 0.15) is 24.5 Å². The summed E-state index contributed by atoms with van der Waals surface area (Å²) in [4.78, 5) is 25.1. The third-order valence-electron chi connectivity index (χ3n) is 5.19. The summed E-state index contributed by atoms with van der Waals surface area (Å²) in [5, 5.41) is 3.12. The van der Waals surface area contributed by atoms with Crippen molar-refractivity contribution < 1.29 is 14.3 Å². The van der Waals surface area contributed by atoms with Crippen molar-refractivity contribution in [1.82, 2.24) is 20.2 Å². The van der Waals surface area contributed by atoms with Gasteiger partial charge in [-0.2, -0.15) is 0 Å². The van der Waals surface area contributed by atoms with Gasteiger partial charge in [-0.05, 0) is 12.8 Å². The van der Waals surface area contributed by atoms with E-state index in [-0.39, 0.29) is 12.1 Å². The standard InChI is InChI=1S/C17H25N5O3/c23-17(22-3-7-25-8-4-22)20-14-9-13(10-14)15-11-16(19-12-18-15)21-1-5-24-6-2-21/h11-14H,1-10H2,(H,20,23). The Kier molecular flexibility index (Phi) is 4.98. The molecule has 8 heteroatoms. The summed E-state index contributed by atoms with van der Waals surface area (Å²) < 4.78 is 10.7. The quantitative estimate of drug-likeness (QED) is 0.863. The average Bonchev–Trinajstić information content (AvgIpc) is 2.65. The molecule has 1 aromatic heterocycles. The van der Waals surface area contributed by atoms with Crippen LogP contribution in [0.5, 0.6) is 0 Å². The van der Waals surface area contributed by atoms with E-state index in [1.165, 1.54) is 0 Å². The lowest BCUT2D eigenvalue weighted by Gasteiger charge is -2.38. The van der Waals surface area contributed by atoms with Gasteiger partial charge in [-0.25, -0.2) is 14.8 Å². The first-order valence-electron chi connectivity index (χ1n) is 9.07. The number of aromatic nitrogens is 2. The number of nitrogens with zero attached hydrogens (tertiary/aromatic N) is 4. The summed E-state index contributed by atoms with van der Waals surface area (Å²) in [6, 6.07) is 2.36. The summed E-state index contributed by atoms with van der Waals surface area (Å²) in [6.45, 7) is 5.86. The first-order chi connectivity index (χ1) is 12.3. The molecule has 1 saturated carbocycles. The summed E-state index contributed by atoms with van der Waals surface area (Å²) in [7, 11) is 0. The number of hydrogen-bond donors (Lipinski definition) is 1. The number of carbonyl (C=O) groups excluding carboxylic acids is 1. The molecule has 2 amide bonds. The molecule has 0 spiro atoms. The third kappa shape index (κ3) is 3.85. The van der Waals surface area contributed by atoms with Crippen LogP contribution in [0.4, 0.5) is 10.6 Å². The molecular formula is C17H25N5O3. The molecule has 4 rings (SSSR count). The van der Waals surface area contributed by atoms with Crippen molar-refractivity contribution in [2.45, 2.75) is 24.8 Å². The van der Waals surface area contributed by atoms with Gasteiger partial charge >= 0.3 is 6.03 Å². The summed E-state index contributed by atoms with van der Waals surface area (Å²) in [5.41, 5.74) is 1.08. The number of morpholine rings is 2. The third-order valence-corrected chi connectivity index (χ3v) is 5.19. The number of amides is 2. The number of hydrogen-bond acceptors (Lipinski definition) is 6. The molecule has 3 aliphatic rings. The molecule has 1 aromatic rings. The Hall–Kier alpha value is -1.93. The molecule has 0 radical (unpaired) electrons. The molecular weight excluding hydrogens is 322 g/mol. The van der Waals surface area contributed by atoms with Crippen LogP contribution >= 0.6 is 0 Å². The summed E-state index contributed by atoms with van der Waals surface area (Å²) in [5.74, 6) is 1.38. The Morgan fingerprint density at radius 1 is 1.04 bits per heavy atom. The Bertz CT molecular complexity index is 596. The average molecular weight is 347 g/mol. The number of urea groups is 1. The van der Waals surface area contributed by atoms with Crippen LogP contribution in [0, 0.1) is 0 Å². The molecule has 136 valence electrons. The van der Waals surface area contributed by atoms with Crippen molar-refractivity contribution in [2.24, 2.45) is 0 Å². The Morgan fingerprint density at radius 2 is 1.72 bits per heavy atom. The maximum atomic E-state index is 12.2. The van der Waals surface area contributed by atoms with E-state index >= 15 is 0 Å². The van der Waals surface area contributed by atoms with Gasteiger partial charge in [0.25, 0.3) is 0 Å². The highest BCUT2D eigenvalue weighted by Gasteiger charge is 2.34. The number of nitrogens with one attached hydrogen (secondary N) is 1. The smallest absolute Gasteiger partial charge is 0.317 e. The zero-order chi connectivity index (χ0) is 17.1. The molecule has 0 aromatic carbocycles. The van der Waals surface area contributed by atoms with E-state index in [1.54, 1.807) is 6.33 Å². The van der Waals surface area contributed by atoms with Gasteiger partial charge in [0.1, 0.15) is 12.1 Å². The normalized spacial score (nSPS) is 26.9. The molecule has 1 aliphatic carbocycles. The van der Waals surface area contributed by atoms with Gasteiger partial charge in [-0.1, -0.05) is 0 Å². The van der Waals surface area contributed by atoms with Crippen molar-refractivity contribution in [2.75, 3.05) is 57.5 Å². The lowest BCUT2D eigenvalue weighted by molar-refractivity contribution is 0.0514. The van der Waals surface area contributed by atoms with E-state index < -0.39 is 0 Å². The van der Waals surface area contributed by atoms with Gasteiger partial charge in [0, 0.05) is 49.9 Å². The molecule has 3 fully saturated rings. The lowest BCUT2D eigenvalue weighted by Crippen LogP contribution is -2.52. The van der Waals surface area contributed by atoms with Crippen molar-refractivity contribution in [3.8, 4) is 0 Å². The molecule has 3 heterocycles. The van der Waals surface area contributed by atoms with E-state index in [0.29, 0.717) is 32.2 Å². The minimum atomic E-state index is 0.0310. The number of rotatable bonds is 3. The Labute approximate surface area is 147 Å². The lowest BCUT2D eigenvalue weighted by atomic mass is 9.78. The summed E-state index contributed by atoms with van der Waals surface area (Å²) >= 11 is 0. The molecule has 0 unspecified atom stereocenters. The zero-order valence-electron chi connectivity index (χ0n) is 14.4. The largest absolute Gasteiger partial charge is 0.378 e. The minimum absolute atomic E-state index is 0.0310. The SMILES string of the molecule is O=C(NC1CC(c2cc(N3CCOCC3)ncn2)C1)N1CCOCC1. The first kappa shape index (κ1) is 16.5. The van der Waals surface area contributed by atoms with Crippen molar-refractivity contribution in [3.63, 3.8) is 0 Å². The zero-order valence-corrected chi connectivity index (χ0v) is 14.4. The molecule has 1 N–H and O–H groups in total. The van der Waals surface area contributed by atoms with E-state index in [2.05, 4.69) is 26.3 Å². The van der Waals surface area contributed by atoms with Gasteiger partial charge in [-0.15, -0.1) is 0 Å². The van der Waals surface area contributed by atoms with Crippen LogP contribution in [0.3, 0.4) is 0 Å². The fourth-order valence-electron chi connectivity index (χ4n) is 3.56.